The molecule has 1 aliphatic rings. The summed E-state index contributed by atoms with van der Waals surface area (Å²) in [7, 11) is 0. The molecule has 0 radical (unpaired) electrons. The van der Waals surface area contributed by atoms with E-state index in [1.54, 1.807) is 6.07 Å². The first-order chi connectivity index (χ1) is 9.02. The maximum atomic E-state index is 12.6. The second-order valence-corrected chi connectivity index (χ2v) is 6.71. The second kappa shape index (κ2) is 6.14. The molecule has 2 heterocycles. The number of halogens is 1. The number of hydrogen-bond donors (Lipinski definition) is 0. The summed E-state index contributed by atoms with van der Waals surface area (Å²) in [5, 5.41) is 0.871. The molecule has 0 saturated carbocycles. The van der Waals surface area contributed by atoms with Gasteiger partial charge in [0.25, 0.3) is 5.91 Å². The molecule has 1 amide bonds. The molecule has 1 saturated heterocycles. The normalized spacial score (nSPS) is 23.5. The molecule has 0 spiro atoms. The summed E-state index contributed by atoms with van der Waals surface area (Å²) >= 11 is 7.91. The van der Waals surface area contributed by atoms with Crippen molar-refractivity contribution in [3.8, 4) is 0 Å². The maximum Gasteiger partial charge on any atom is 0.254 e. The van der Waals surface area contributed by atoms with Crippen LogP contribution in [0.25, 0.3) is 0 Å². The van der Waals surface area contributed by atoms with Gasteiger partial charge in [0.2, 0.25) is 0 Å². The van der Waals surface area contributed by atoms with Crippen LogP contribution < -0.4 is 0 Å². The third-order valence-corrected chi connectivity index (χ3v) is 5.13. The van der Waals surface area contributed by atoms with Crippen LogP contribution in [0.1, 0.15) is 36.8 Å². The number of rotatable bonds is 2. The lowest BCUT2D eigenvalue weighted by Gasteiger charge is -2.37. The minimum absolute atomic E-state index is 0.0682. The van der Waals surface area contributed by atoms with Gasteiger partial charge >= 0.3 is 0 Å². The molecule has 5 heteroatoms. The summed E-state index contributed by atoms with van der Waals surface area (Å²) < 4.78 is 0. The maximum absolute atomic E-state index is 12.6. The molecule has 19 heavy (non-hydrogen) atoms. The van der Waals surface area contributed by atoms with E-state index in [9.17, 15) is 4.79 Å². The molecule has 0 aromatic carbocycles. The van der Waals surface area contributed by atoms with E-state index in [0.717, 1.165) is 24.4 Å². The van der Waals surface area contributed by atoms with Gasteiger partial charge in [0, 0.05) is 34.8 Å². The van der Waals surface area contributed by atoms with Crippen LogP contribution in [-0.4, -0.2) is 39.4 Å². The van der Waals surface area contributed by atoms with Crippen molar-refractivity contribution in [2.75, 3.05) is 12.3 Å². The number of nitrogens with zero attached hydrogens (tertiary/aromatic N) is 2. The Labute approximate surface area is 123 Å². The highest BCUT2D eigenvalue weighted by atomic mass is 35.5. The van der Waals surface area contributed by atoms with Gasteiger partial charge in [-0.3, -0.25) is 4.79 Å². The van der Waals surface area contributed by atoms with E-state index in [1.165, 1.54) is 0 Å². The zero-order valence-corrected chi connectivity index (χ0v) is 13.1. The summed E-state index contributed by atoms with van der Waals surface area (Å²) in [5.74, 6) is 1.06. The highest BCUT2D eigenvalue weighted by molar-refractivity contribution is 8.00. The fourth-order valence-electron chi connectivity index (χ4n) is 2.24. The molecule has 0 N–H and O–H groups in total. The van der Waals surface area contributed by atoms with Crippen molar-refractivity contribution in [1.29, 1.82) is 0 Å². The summed E-state index contributed by atoms with van der Waals surface area (Å²) in [6.07, 6.45) is 0.780. The standard InChI is InChI=1S/C14H19ClN2OS/c1-4-12-7-11(8-13(15)16-12)14(18)17-5-6-19-10(3)9(17)2/h7-10H,4-6H2,1-3H3. The van der Waals surface area contributed by atoms with E-state index >= 15 is 0 Å². The molecule has 2 unspecified atom stereocenters. The highest BCUT2D eigenvalue weighted by Crippen LogP contribution is 2.26. The molecule has 1 aromatic rings. The number of hydrogen-bond acceptors (Lipinski definition) is 3. The van der Waals surface area contributed by atoms with E-state index < -0.39 is 0 Å². The first-order valence-electron chi connectivity index (χ1n) is 6.62. The number of amides is 1. The first kappa shape index (κ1) is 14.7. The first-order valence-corrected chi connectivity index (χ1v) is 8.04. The quantitative estimate of drug-likeness (QED) is 0.786. The highest BCUT2D eigenvalue weighted by Gasteiger charge is 2.29. The zero-order valence-electron chi connectivity index (χ0n) is 11.5. The molecule has 2 atom stereocenters. The fourth-order valence-corrected chi connectivity index (χ4v) is 3.57. The van der Waals surface area contributed by atoms with Crippen molar-refractivity contribution in [2.24, 2.45) is 0 Å². The molecule has 1 aliphatic heterocycles. The lowest BCUT2D eigenvalue weighted by Crippen LogP contribution is -2.48. The number of carbonyl (C=O) groups is 1. The molecule has 0 aliphatic carbocycles. The Morgan fingerprint density at radius 1 is 1.53 bits per heavy atom. The number of aromatic nitrogens is 1. The van der Waals surface area contributed by atoms with Gasteiger partial charge in [-0.1, -0.05) is 25.4 Å². The molecule has 3 nitrogen and oxygen atoms in total. The van der Waals surface area contributed by atoms with Gasteiger partial charge < -0.3 is 4.90 Å². The van der Waals surface area contributed by atoms with Gasteiger partial charge in [-0.05, 0) is 25.5 Å². The van der Waals surface area contributed by atoms with E-state index in [2.05, 4.69) is 18.8 Å². The summed E-state index contributed by atoms with van der Waals surface area (Å²) in [6.45, 7) is 7.09. The monoisotopic (exact) mass is 298 g/mol. The Morgan fingerprint density at radius 2 is 2.26 bits per heavy atom. The zero-order chi connectivity index (χ0) is 14.0. The van der Waals surface area contributed by atoms with Crippen molar-refractivity contribution < 1.29 is 4.79 Å². The Hall–Kier alpha value is -0.740. The van der Waals surface area contributed by atoms with Crippen LogP contribution in [0, 0.1) is 0 Å². The molecular weight excluding hydrogens is 280 g/mol. The van der Waals surface area contributed by atoms with Gasteiger partial charge in [0.1, 0.15) is 5.15 Å². The van der Waals surface area contributed by atoms with Gasteiger partial charge in [-0.25, -0.2) is 4.98 Å². The third-order valence-electron chi connectivity index (χ3n) is 3.60. The summed E-state index contributed by atoms with van der Waals surface area (Å²) in [6, 6.07) is 3.78. The molecule has 104 valence electrons. The molecule has 0 bridgehead atoms. The van der Waals surface area contributed by atoms with Crippen LogP contribution in [0.3, 0.4) is 0 Å². The van der Waals surface area contributed by atoms with E-state index in [1.807, 2.05) is 29.7 Å². The van der Waals surface area contributed by atoms with E-state index in [4.69, 9.17) is 11.6 Å². The van der Waals surface area contributed by atoms with E-state index in [0.29, 0.717) is 16.0 Å². The molecular formula is C14H19ClN2OS. The Bertz CT molecular complexity index is 481. The number of carbonyl (C=O) groups excluding carboxylic acids is 1. The predicted molar refractivity (Wildman–Crippen MR) is 81.0 cm³/mol. The van der Waals surface area contributed by atoms with Gasteiger partial charge in [0.05, 0.1) is 0 Å². The van der Waals surface area contributed by atoms with Crippen molar-refractivity contribution in [3.05, 3.63) is 28.5 Å². The summed E-state index contributed by atoms with van der Waals surface area (Å²) in [4.78, 5) is 18.8. The van der Waals surface area contributed by atoms with Crippen LogP contribution in [0.5, 0.6) is 0 Å². The van der Waals surface area contributed by atoms with Crippen LogP contribution in [0.2, 0.25) is 5.15 Å². The van der Waals surface area contributed by atoms with Crippen LogP contribution >= 0.6 is 23.4 Å². The van der Waals surface area contributed by atoms with Crippen LogP contribution in [0.4, 0.5) is 0 Å². The molecule has 1 fully saturated rings. The van der Waals surface area contributed by atoms with Crippen LogP contribution in [-0.2, 0) is 6.42 Å². The Kier molecular flexibility index (Phi) is 4.74. The minimum atomic E-state index is 0.0682. The molecule has 1 aromatic heterocycles. The largest absolute Gasteiger partial charge is 0.334 e. The topological polar surface area (TPSA) is 33.2 Å². The lowest BCUT2D eigenvalue weighted by atomic mass is 10.1. The van der Waals surface area contributed by atoms with Crippen molar-refractivity contribution in [1.82, 2.24) is 9.88 Å². The average molecular weight is 299 g/mol. The Morgan fingerprint density at radius 3 is 2.95 bits per heavy atom. The van der Waals surface area contributed by atoms with Crippen molar-refractivity contribution >= 4 is 29.3 Å². The van der Waals surface area contributed by atoms with Gasteiger partial charge in [-0.2, -0.15) is 11.8 Å². The van der Waals surface area contributed by atoms with Crippen LogP contribution in [0.15, 0.2) is 12.1 Å². The van der Waals surface area contributed by atoms with Crippen molar-refractivity contribution in [2.45, 2.75) is 38.5 Å². The Balaban J connectivity index is 2.25. The second-order valence-electron chi connectivity index (χ2n) is 4.84. The average Bonchev–Trinajstić information content (AvgIpc) is 2.40. The number of thioether (sulfide) groups is 1. The number of aryl methyl sites for hydroxylation is 1. The number of pyridine rings is 1. The lowest BCUT2D eigenvalue weighted by molar-refractivity contribution is 0.0698. The van der Waals surface area contributed by atoms with Gasteiger partial charge in [-0.15, -0.1) is 0 Å². The van der Waals surface area contributed by atoms with E-state index in [-0.39, 0.29) is 11.9 Å². The summed E-state index contributed by atoms with van der Waals surface area (Å²) in [5.41, 5.74) is 1.52. The smallest absolute Gasteiger partial charge is 0.254 e. The van der Waals surface area contributed by atoms with Gasteiger partial charge in [0.15, 0.2) is 0 Å². The third kappa shape index (κ3) is 3.23. The van der Waals surface area contributed by atoms with Crippen molar-refractivity contribution in [3.63, 3.8) is 0 Å². The molecule has 2 rings (SSSR count). The fraction of sp³-hybridized carbons (Fsp3) is 0.571. The SMILES string of the molecule is CCc1cc(C(=O)N2CCSC(C)C2C)cc(Cl)n1. The predicted octanol–water partition coefficient (Wildman–Crippen LogP) is 3.26. The minimum Gasteiger partial charge on any atom is -0.334 e.